The maximum absolute atomic E-state index is 11.9. The van der Waals surface area contributed by atoms with E-state index >= 15 is 0 Å². The standard InChI is InChI=1S/C20H27N3O2S/c1-14-12-15(2)23-19(22-14)26-13-18(24)21-10-11-25-17-8-6-16(7-9-17)20(3,4)5/h6-9,12H,10-11,13H2,1-5H3,(H,21,24). The van der Waals surface area contributed by atoms with E-state index in [1.807, 2.05) is 32.0 Å². The van der Waals surface area contributed by atoms with Gasteiger partial charge < -0.3 is 10.1 Å². The third kappa shape index (κ3) is 6.67. The van der Waals surface area contributed by atoms with Crippen LogP contribution in [0.2, 0.25) is 0 Å². The van der Waals surface area contributed by atoms with Gasteiger partial charge in [0, 0.05) is 11.4 Å². The third-order valence-electron chi connectivity index (χ3n) is 3.71. The minimum Gasteiger partial charge on any atom is -0.492 e. The number of thioether (sulfide) groups is 1. The zero-order valence-electron chi connectivity index (χ0n) is 16.1. The van der Waals surface area contributed by atoms with Gasteiger partial charge in [-0.25, -0.2) is 9.97 Å². The van der Waals surface area contributed by atoms with Crippen LogP contribution >= 0.6 is 11.8 Å². The van der Waals surface area contributed by atoms with E-state index < -0.39 is 0 Å². The van der Waals surface area contributed by atoms with E-state index in [1.165, 1.54) is 17.3 Å². The second-order valence-corrected chi connectivity index (χ2v) is 8.14. The Balaban J connectivity index is 1.68. The molecule has 0 bridgehead atoms. The molecule has 2 rings (SSSR count). The van der Waals surface area contributed by atoms with Crippen molar-refractivity contribution in [1.82, 2.24) is 15.3 Å². The number of nitrogens with one attached hydrogen (secondary N) is 1. The molecule has 0 unspecified atom stereocenters. The number of nitrogens with zero attached hydrogens (tertiary/aromatic N) is 2. The fourth-order valence-corrected chi connectivity index (χ4v) is 3.13. The van der Waals surface area contributed by atoms with Gasteiger partial charge >= 0.3 is 0 Å². The molecular weight excluding hydrogens is 346 g/mol. The second-order valence-electron chi connectivity index (χ2n) is 7.19. The third-order valence-corrected chi connectivity index (χ3v) is 4.55. The summed E-state index contributed by atoms with van der Waals surface area (Å²) in [6.45, 7) is 11.3. The highest BCUT2D eigenvalue weighted by atomic mass is 32.2. The second kappa shape index (κ2) is 9.03. The first-order chi connectivity index (χ1) is 12.2. The first-order valence-electron chi connectivity index (χ1n) is 8.69. The molecule has 1 aromatic heterocycles. The molecule has 0 aliphatic rings. The molecular formula is C20H27N3O2S. The minimum absolute atomic E-state index is 0.0514. The lowest BCUT2D eigenvalue weighted by Crippen LogP contribution is -2.29. The Morgan fingerprint density at radius 3 is 2.31 bits per heavy atom. The molecule has 0 aliphatic heterocycles. The zero-order valence-corrected chi connectivity index (χ0v) is 16.9. The van der Waals surface area contributed by atoms with E-state index in [4.69, 9.17) is 4.74 Å². The number of aromatic nitrogens is 2. The lowest BCUT2D eigenvalue weighted by molar-refractivity contribution is -0.118. The van der Waals surface area contributed by atoms with Gasteiger partial charge in [-0.15, -0.1) is 0 Å². The van der Waals surface area contributed by atoms with Crippen molar-refractivity contribution in [3.63, 3.8) is 0 Å². The number of amides is 1. The molecule has 6 heteroatoms. The smallest absolute Gasteiger partial charge is 0.230 e. The van der Waals surface area contributed by atoms with Crippen LogP contribution < -0.4 is 10.1 Å². The number of carbonyl (C=O) groups excluding carboxylic acids is 1. The molecule has 1 amide bonds. The highest BCUT2D eigenvalue weighted by Crippen LogP contribution is 2.24. The van der Waals surface area contributed by atoms with E-state index in [9.17, 15) is 4.79 Å². The fraction of sp³-hybridized carbons (Fsp3) is 0.450. The predicted molar refractivity (Wildman–Crippen MR) is 106 cm³/mol. The summed E-state index contributed by atoms with van der Waals surface area (Å²) >= 11 is 1.34. The zero-order chi connectivity index (χ0) is 19.2. The Morgan fingerprint density at radius 2 is 1.73 bits per heavy atom. The molecule has 140 valence electrons. The van der Waals surface area contributed by atoms with Crippen molar-refractivity contribution in [2.75, 3.05) is 18.9 Å². The first-order valence-corrected chi connectivity index (χ1v) is 9.68. The largest absolute Gasteiger partial charge is 0.492 e. The Bertz CT molecular complexity index is 719. The van der Waals surface area contributed by atoms with Crippen molar-refractivity contribution in [3.8, 4) is 5.75 Å². The maximum Gasteiger partial charge on any atom is 0.230 e. The monoisotopic (exact) mass is 373 g/mol. The lowest BCUT2D eigenvalue weighted by Gasteiger charge is -2.19. The summed E-state index contributed by atoms with van der Waals surface area (Å²) in [6, 6.07) is 10.0. The normalized spacial score (nSPS) is 11.3. The van der Waals surface area contributed by atoms with Crippen LogP contribution in [0.1, 0.15) is 37.7 Å². The van der Waals surface area contributed by atoms with E-state index in [2.05, 4.69) is 48.2 Å². The average Bonchev–Trinajstić information content (AvgIpc) is 2.56. The van der Waals surface area contributed by atoms with Crippen molar-refractivity contribution in [3.05, 3.63) is 47.3 Å². The number of aryl methyl sites for hydroxylation is 2. The van der Waals surface area contributed by atoms with Crippen molar-refractivity contribution >= 4 is 17.7 Å². The van der Waals surface area contributed by atoms with Crippen LogP contribution in [-0.2, 0) is 10.2 Å². The summed E-state index contributed by atoms with van der Waals surface area (Å²) < 4.78 is 5.67. The number of rotatable bonds is 7. The molecule has 0 saturated heterocycles. The van der Waals surface area contributed by atoms with Gasteiger partial charge in [-0.05, 0) is 43.0 Å². The van der Waals surface area contributed by atoms with Crippen LogP contribution in [0, 0.1) is 13.8 Å². The lowest BCUT2D eigenvalue weighted by atomic mass is 9.87. The van der Waals surface area contributed by atoms with Crippen LogP contribution in [0.3, 0.4) is 0 Å². The van der Waals surface area contributed by atoms with Gasteiger partial charge in [-0.2, -0.15) is 0 Å². The summed E-state index contributed by atoms with van der Waals surface area (Å²) in [5.74, 6) is 1.05. The highest BCUT2D eigenvalue weighted by Gasteiger charge is 2.13. The van der Waals surface area contributed by atoms with Gasteiger partial charge in [0.2, 0.25) is 5.91 Å². The maximum atomic E-state index is 11.9. The van der Waals surface area contributed by atoms with Crippen LogP contribution in [0.5, 0.6) is 5.75 Å². The number of ether oxygens (including phenoxy) is 1. The van der Waals surface area contributed by atoms with Crippen molar-refractivity contribution in [2.24, 2.45) is 0 Å². The van der Waals surface area contributed by atoms with Gasteiger partial charge in [0.1, 0.15) is 12.4 Å². The topological polar surface area (TPSA) is 64.1 Å². The SMILES string of the molecule is Cc1cc(C)nc(SCC(=O)NCCOc2ccc(C(C)(C)C)cc2)n1. The van der Waals surface area contributed by atoms with Gasteiger partial charge in [-0.1, -0.05) is 44.7 Å². The molecule has 26 heavy (non-hydrogen) atoms. The summed E-state index contributed by atoms with van der Waals surface area (Å²) in [6.07, 6.45) is 0. The predicted octanol–water partition coefficient (Wildman–Crippen LogP) is 3.68. The quantitative estimate of drug-likeness (QED) is 0.456. The van der Waals surface area contributed by atoms with Gasteiger partial charge in [0.05, 0.1) is 12.3 Å². The minimum atomic E-state index is -0.0514. The summed E-state index contributed by atoms with van der Waals surface area (Å²) in [5, 5.41) is 3.48. The van der Waals surface area contributed by atoms with E-state index in [1.54, 1.807) is 0 Å². The van der Waals surface area contributed by atoms with Gasteiger partial charge in [-0.3, -0.25) is 4.79 Å². The molecule has 0 aliphatic carbocycles. The molecule has 0 fully saturated rings. The number of benzene rings is 1. The molecule has 1 N–H and O–H groups in total. The number of hydrogen-bond donors (Lipinski definition) is 1. The Morgan fingerprint density at radius 1 is 1.12 bits per heavy atom. The molecule has 0 spiro atoms. The molecule has 0 saturated carbocycles. The van der Waals surface area contributed by atoms with Crippen LogP contribution in [-0.4, -0.2) is 34.8 Å². The Hall–Kier alpha value is -2.08. The van der Waals surface area contributed by atoms with Crippen LogP contribution in [0.15, 0.2) is 35.5 Å². The Labute approximate surface area is 160 Å². The van der Waals surface area contributed by atoms with Crippen molar-refractivity contribution < 1.29 is 9.53 Å². The van der Waals surface area contributed by atoms with E-state index in [0.29, 0.717) is 24.1 Å². The molecule has 0 radical (unpaired) electrons. The van der Waals surface area contributed by atoms with Gasteiger partial charge in [0.15, 0.2) is 5.16 Å². The highest BCUT2D eigenvalue weighted by molar-refractivity contribution is 7.99. The van der Waals surface area contributed by atoms with E-state index in [0.717, 1.165) is 17.1 Å². The van der Waals surface area contributed by atoms with Crippen molar-refractivity contribution in [1.29, 1.82) is 0 Å². The summed E-state index contributed by atoms with van der Waals surface area (Å²) in [7, 11) is 0. The number of hydrogen-bond acceptors (Lipinski definition) is 5. The molecule has 5 nitrogen and oxygen atoms in total. The van der Waals surface area contributed by atoms with Gasteiger partial charge in [0.25, 0.3) is 0 Å². The number of carbonyl (C=O) groups is 1. The average molecular weight is 374 g/mol. The molecule has 1 aromatic carbocycles. The molecule has 2 aromatic rings. The van der Waals surface area contributed by atoms with Crippen LogP contribution in [0.4, 0.5) is 0 Å². The molecule has 1 heterocycles. The van der Waals surface area contributed by atoms with Crippen LogP contribution in [0.25, 0.3) is 0 Å². The molecule has 0 atom stereocenters. The van der Waals surface area contributed by atoms with Crippen molar-refractivity contribution in [2.45, 2.75) is 45.2 Å². The Kier molecular flexibility index (Phi) is 7.03. The first kappa shape index (κ1) is 20.2. The van der Waals surface area contributed by atoms with E-state index in [-0.39, 0.29) is 11.3 Å². The summed E-state index contributed by atoms with van der Waals surface area (Å²) in [5.41, 5.74) is 3.21. The fourth-order valence-electron chi connectivity index (χ4n) is 2.35. The summed E-state index contributed by atoms with van der Waals surface area (Å²) in [4.78, 5) is 20.5.